The van der Waals surface area contributed by atoms with Crippen LogP contribution in [-0.2, 0) is 6.42 Å². The van der Waals surface area contributed by atoms with Crippen LogP contribution in [0.2, 0.25) is 0 Å². The van der Waals surface area contributed by atoms with Gasteiger partial charge in [0.2, 0.25) is 5.13 Å². The summed E-state index contributed by atoms with van der Waals surface area (Å²) in [7, 11) is 1.93. The van der Waals surface area contributed by atoms with Crippen molar-refractivity contribution >= 4 is 16.7 Å². The van der Waals surface area contributed by atoms with Gasteiger partial charge in [0.1, 0.15) is 5.82 Å². The third-order valence-electron chi connectivity index (χ3n) is 1.59. The van der Waals surface area contributed by atoms with Crippen LogP contribution in [0, 0.1) is 0 Å². The molecule has 0 radical (unpaired) electrons. The Morgan fingerprint density at radius 1 is 1.38 bits per heavy atom. The number of hydrogen-bond acceptors (Lipinski definition) is 5. The van der Waals surface area contributed by atoms with Gasteiger partial charge in [-0.05, 0) is 13.5 Å². The Balaban J connectivity index is 2.31. The molecule has 0 bridgehead atoms. The summed E-state index contributed by atoms with van der Waals surface area (Å²) < 4.78 is 4.23. The third-order valence-corrected chi connectivity index (χ3v) is 2.30. The first-order valence-electron chi connectivity index (χ1n) is 4.58. The van der Waals surface area contributed by atoms with E-state index in [2.05, 4.69) is 26.9 Å². The molecule has 1 aromatic rings. The van der Waals surface area contributed by atoms with E-state index in [0.717, 1.165) is 36.9 Å². The number of nitrogens with one attached hydrogen (secondary N) is 2. The van der Waals surface area contributed by atoms with E-state index in [-0.39, 0.29) is 0 Å². The van der Waals surface area contributed by atoms with E-state index in [1.165, 1.54) is 11.5 Å². The molecule has 1 aromatic heterocycles. The lowest BCUT2D eigenvalue weighted by Gasteiger charge is -1.99. The summed E-state index contributed by atoms with van der Waals surface area (Å²) >= 11 is 1.44. The fraction of sp³-hybridized carbons (Fsp3) is 0.750. The molecule has 13 heavy (non-hydrogen) atoms. The van der Waals surface area contributed by atoms with Crippen molar-refractivity contribution in [2.75, 3.05) is 25.5 Å². The minimum absolute atomic E-state index is 0.900. The number of anilines is 1. The van der Waals surface area contributed by atoms with Crippen LogP contribution < -0.4 is 10.6 Å². The summed E-state index contributed by atoms with van der Waals surface area (Å²) in [6.07, 6.45) is 2.08. The van der Waals surface area contributed by atoms with Crippen LogP contribution in [0.1, 0.15) is 19.2 Å². The fourth-order valence-corrected chi connectivity index (χ4v) is 1.58. The zero-order valence-corrected chi connectivity index (χ0v) is 8.95. The highest BCUT2D eigenvalue weighted by atomic mass is 32.1. The number of nitrogens with zero attached hydrogens (tertiary/aromatic N) is 2. The first-order chi connectivity index (χ1) is 6.36. The van der Waals surface area contributed by atoms with Gasteiger partial charge in [0.25, 0.3) is 0 Å². The van der Waals surface area contributed by atoms with E-state index in [1.54, 1.807) is 0 Å². The van der Waals surface area contributed by atoms with Gasteiger partial charge in [-0.1, -0.05) is 6.92 Å². The molecular formula is C8H16N4S. The van der Waals surface area contributed by atoms with E-state index >= 15 is 0 Å². The summed E-state index contributed by atoms with van der Waals surface area (Å²) in [6.45, 7) is 3.98. The fourth-order valence-electron chi connectivity index (χ4n) is 0.945. The Bertz CT molecular complexity index is 236. The third kappa shape index (κ3) is 3.69. The van der Waals surface area contributed by atoms with Gasteiger partial charge in [-0.25, -0.2) is 4.98 Å². The topological polar surface area (TPSA) is 49.8 Å². The van der Waals surface area contributed by atoms with Crippen molar-refractivity contribution in [3.05, 3.63) is 5.82 Å². The molecule has 1 rings (SSSR count). The SMILES string of the molecule is CCCc1nsc(NCCNC)n1. The molecular weight excluding hydrogens is 184 g/mol. The molecule has 0 aromatic carbocycles. The van der Waals surface area contributed by atoms with E-state index in [9.17, 15) is 0 Å². The van der Waals surface area contributed by atoms with E-state index < -0.39 is 0 Å². The molecule has 0 aliphatic carbocycles. The molecule has 0 fully saturated rings. The molecule has 0 aliphatic heterocycles. The van der Waals surface area contributed by atoms with Crippen LogP contribution in [-0.4, -0.2) is 29.5 Å². The zero-order valence-electron chi connectivity index (χ0n) is 8.13. The Kier molecular flexibility index (Phi) is 4.70. The van der Waals surface area contributed by atoms with Crippen LogP contribution >= 0.6 is 11.5 Å². The van der Waals surface area contributed by atoms with Gasteiger partial charge in [0.05, 0.1) is 0 Å². The molecule has 0 atom stereocenters. The predicted octanol–water partition coefficient (Wildman–Crippen LogP) is 1.12. The maximum absolute atomic E-state index is 4.34. The van der Waals surface area contributed by atoms with Gasteiger partial charge >= 0.3 is 0 Å². The van der Waals surface area contributed by atoms with Gasteiger partial charge < -0.3 is 10.6 Å². The van der Waals surface area contributed by atoms with Crippen molar-refractivity contribution in [3.8, 4) is 0 Å². The Hall–Kier alpha value is -0.680. The van der Waals surface area contributed by atoms with Crippen LogP contribution in [0.3, 0.4) is 0 Å². The lowest BCUT2D eigenvalue weighted by Crippen LogP contribution is -2.17. The molecule has 0 aliphatic rings. The Morgan fingerprint density at radius 3 is 2.92 bits per heavy atom. The summed E-state index contributed by atoms with van der Waals surface area (Å²) in [6, 6.07) is 0. The monoisotopic (exact) mass is 200 g/mol. The average molecular weight is 200 g/mol. The first-order valence-corrected chi connectivity index (χ1v) is 5.35. The van der Waals surface area contributed by atoms with Crippen LogP contribution in [0.25, 0.3) is 0 Å². The van der Waals surface area contributed by atoms with E-state index in [4.69, 9.17) is 0 Å². The number of aromatic nitrogens is 2. The molecule has 0 amide bonds. The minimum Gasteiger partial charge on any atom is -0.359 e. The van der Waals surface area contributed by atoms with Crippen molar-refractivity contribution in [1.29, 1.82) is 0 Å². The smallest absolute Gasteiger partial charge is 0.202 e. The van der Waals surface area contributed by atoms with Crippen LogP contribution in [0.15, 0.2) is 0 Å². The zero-order chi connectivity index (χ0) is 9.52. The van der Waals surface area contributed by atoms with E-state index in [1.807, 2.05) is 7.05 Å². The molecule has 0 saturated heterocycles. The number of likely N-dealkylation sites (N-methyl/N-ethyl adjacent to an activating group) is 1. The quantitative estimate of drug-likeness (QED) is 0.676. The number of hydrogen-bond donors (Lipinski definition) is 2. The van der Waals surface area contributed by atoms with Crippen molar-refractivity contribution < 1.29 is 0 Å². The summed E-state index contributed by atoms with van der Waals surface area (Å²) in [5.74, 6) is 0.958. The molecule has 1 heterocycles. The standard InChI is InChI=1S/C8H16N4S/c1-3-4-7-11-8(13-12-7)10-6-5-9-2/h9H,3-6H2,1-2H3,(H,10,11,12). The van der Waals surface area contributed by atoms with Gasteiger partial charge in [0.15, 0.2) is 0 Å². The molecule has 0 saturated carbocycles. The van der Waals surface area contributed by atoms with Gasteiger partial charge in [-0.3, -0.25) is 0 Å². The Labute approximate surface area is 82.9 Å². The van der Waals surface area contributed by atoms with Crippen molar-refractivity contribution in [1.82, 2.24) is 14.7 Å². The summed E-state index contributed by atoms with van der Waals surface area (Å²) in [4.78, 5) is 4.34. The van der Waals surface area contributed by atoms with Crippen LogP contribution in [0.4, 0.5) is 5.13 Å². The number of aryl methyl sites for hydroxylation is 1. The minimum atomic E-state index is 0.900. The maximum Gasteiger partial charge on any atom is 0.202 e. The van der Waals surface area contributed by atoms with Gasteiger partial charge in [-0.15, -0.1) is 0 Å². The Morgan fingerprint density at radius 2 is 2.23 bits per heavy atom. The highest BCUT2D eigenvalue weighted by Gasteiger charge is 2.00. The summed E-state index contributed by atoms with van der Waals surface area (Å²) in [5, 5.41) is 7.20. The summed E-state index contributed by atoms with van der Waals surface area (Å²) in [5.41, 5.74) is 0. The second-order valence-corrected chi connectivity index (χ2v) is 3.55. The molecule has 2 N–H and O–H groups in total. The van der Waals surface area contributed by atoms with Crippen molar-refractivity contribution in [2.45, 2.75) is 19.8 Å². The predicted molar refractivity (Wildman–Crippen MR) is 56.3 cm³/mol. The molecule has 0 spiro atoms. The number of rotatable bonds is 6. The lowest BCUT2D eigenvalue weighted by atomic mass is 10.3. The highest BCUT2D eigenvalue weighted by Crippen LogP contribution is 2.11. The van der Waals surface area contributed by atoms with Crippen molar-refractivity contribution in [2.24, 2.45) is 0 Å². The maximum atomic E-state index is 4.34. The van der Waals surface area contributed by atoms with E-state index in [0.29, 0.717) is 0 Å². The molecule has 74 valence electrons. The highest BCUT2D eigenvalue weighted by molar-refractivity contribution is 7.09. The second kappa shape index (κ2) is 5.88. The van der Waals surface area contributed by atoms with Crippen LogP contribution in [0.5, 0.6) is 0 Å². The molecule has 4 nitrogen and oxygen atoms in total. The first kappa shape index (κ1) is 10.4. The molecule has 5 heteroatoms. The largest absolute Gasteiger partial charge is 0.359 e. The van der Waals surface area contributed by atoms with Crippen molar-refractivity contribution in [3.63, 3.8) is 0 Å². The van der Waals surface area contributed by atoms with Gasteiger partial charge in [0, 0.05) is 31.0 Å². The average Bonchev–Trinajstić information content (AvgIpc) is 2.54. The second-order valence-electron chi connectivity index (χ2n) is 2.80. The lowest BCUT2D eigenvalue weighted by molar-refractivity contribution is 0.820. The normalized spacial score (nSPS) is 10.3. The van der Waals surface area contributed by atoms with Gasteiger partial charge in [-0.2, -0.15) is 4.37 Å². The molecule has 0 unspecified atom stereocenters.